The Hall–Kier alpha value is -1.46. The molecule has 1 aromatic heterocycles. The van der Waals surface area contributed by atoms with E-state index < -0.39 is 0 Å². The van der Waals surface area contributed by atoms with Gasteiger partial charge in [-0.1, -0.05) is 6.92 Å². The van der Waals surface area contributed by atoms with Crippen molar-refractivity contribution in [1.82, 2.24) is 10.3 Å². The lowest BCUT2D eigenvalue weighted by atomic mass is 10.1. The average Bonchev–Trinajstić information content (AvgIpc) is 2.83. The number of halogens is 1. The van der Waals surface area contributed by atoms with E-state index in [1.165, 1.54) is 12.1 Å². The third-order valence-electron chi connectivity index (χ3n) is 2.99. The van der Waals surface area contributed by atoms with Crippen LogP contribution in [0.1, 0.15) is 36.2 Å². The van der Waals surface area contributed by atoms with Gasteiger partial charge in [0, 0.05) is 17.0 Å². The lowest BCUT2D eigenvalue weighted by Gasteiger charge is -2.17. The summed E-state index contributed by atoms with van der Waals surface area (Å²) in [5.74, 6) is 0.451. The molecule has 0 amide bonds. The fourth-order valence-electron chi connectivity index (χ4n) is 2.03. The zero-order valence-electron chi connectivity index (χ0n) is 11.9. The minimum Gasteiger partial charge on any atom is -0.487 e. The van der Waals surface area contributed by atoms with Gasteiger partial charge < -0.3 is 10.1 Å². The second kappa shape index (κ2) is 6.81. The third kappa shape index (κ3) is 3.77. The van der Waals surface area contributed by atoms with E-state index in [-0.39, 0.29) is 11.9 Å². The summed E-state index contributed by atoms with van der Waals surface area (Å²) in [5, 5.41) is 6.27. The normalized spacial score (nSPS) is 12.4. The minimum atomic E-state index is -0.249. The minimum absolute atomic E-state index is 0.0443. The molecule has 0 saturated heterocycles. The van der Waals surface area contributed by atoms with Crippen molar-refractivity contribution in [3.8, 4) is 5.75 Å². The van der Waals surface area contributed by atoms with E-state index in [1.807, 2.05) is 26.2 Å². The number of aromatic nitrogens is 1. The van der Waals surface area contributed by atoms with E-state index in [0.717, 1.165) is 22.8 Å². The van der Waals surface area contributed by atoms with Gasteiger partial charge in [0.2, 0.25) is 0 Å². The average molecular weight is 294 g/mol. The first-order chi connectivity index (χ1) is 9.60. The summed E-state index contributed by atoms with van der Waals surface area (Å²) in [6, 6.07) is 4.67. The molecule has 1 heterocycles. The van der Waals surface area contributed by atoms with Crippen LogP contribution in [0, 0.1) is 12.7 Å². The van der Waals surface area contributed by atoms with E-state index in [4.69, 9.17) is 4.74 Å². The molecule has 1 N–H and O–H groups in total. The Morgan fingerprint density at radius 2 is 2.25 bits per heavy atom. The molecule has 0 fully saturated rings. The van der Waals surface area contributed by atoms with Crippen LogP contribution in [-0.4, -0.2) is 11.5 Å². The van der Waals surface area contributed by atoms with Gasteiger partial charge >= 0.3 is 0 Å². The fourth-order valence-corrected chi connectivity index (χ4v) is 2.63. The zero-order valence-corrected chi connectivity index (χ0v) is 12.8. The highest BCUT2D eigenvalue weighted by Crippen LogP contribution is 2.27. The topological polar surface area (TPSA) is 34.1 Å². The highest BCUT2D eigenvalue weighted by Gasteiger charge is 2.12. The van der Waals surface area contributed by atoms with Crippen LogP contribution in [0.15, 0.2) is 23.6 Å². The second-order valence-electron chi connectivity index (χ2n) is 4.61. The summed E-state index contributed by atoms with van der Waals surface area (Å²) < 4.78 is 19.2. The Balaban J connectivity index is 2.13. The van der Waals surface area contributed by atoms with Crippen LogP contribution in [0.5, 0.6) is 5.75 Å². The molecule has 1 aromatic carbocycles. The van der Waals surface area contributed by atoms with Gasteiger partial charge in [0.05, 0.1) is 10.7 Å². The Kier molecular flexibility index (Phi) is 5.09. The van der Waals surface area contributed by atoms with Gasteiger partial charge in [0.15, 0.2) is 0 Å². The maximum Gasteiger partial charge on any atom is 0.131 e. The SMILES string of the molecule is CCNC(C)c1cc(F)ccc1OCc1csc(C)n1. The predicted molar refractivity (Wildman–Crippen MR) is 79.7 cm³/mol. The zero-order chi connectivity index (χ0) is 14.5. The van der Waals surface area contributed by atoms with Crippen LogP contribution in [-0.2, 0) is 6.61 Å². The first-order valence-electron chi connectivity index (χ1n) is 6.66. The van der Waals surface area contributed by atoms with Crippen LogP contribution in [0.3, 0.4) is 0 Å². The summed E-state index contributed by atoms with van der Waals surface area (Å²) in [6.45, 7) is 7.21. The molecule has 0 saturated carbocycles. The van der Waals surface area contributed by atoms with E-state index in [9.17, 15) is 4.39 Å². The van der Waals surface area contributed by atoms with Crippen molar-refractivity contribution in [2.75, 3.05) is 6.54 Å². The molecule has 20 heavy (non-hydrogen) atoms. The number of nitrogens with one attached hydrogen (secondary N) is 1. The first-order valence-corrected chi connectivity index (χ1v) is 7.54. The largest absolute Gasteiger partial charge is 0.487 e. The number of aryl methyl sites for hydroxylation is 1. The molecular formula is C15H19FN2OS. The molecule has 5 heteroatoms. The van der Waals surface area contributed by atoms with Crippen molar-refractivity contribution < 1.29 is 9.13 Å². The van der Waals surface area contributed by atoms with Crippen molar-refractivity contribution in [3.63, 3.8) is 0 Å². The molecule has 0 radical (unpaired) electrons. The Bertz CT molecular complexity index is 571. The Morgan fingerprint density at radius 1 is 1.45 bits per heavy atom. The summed E-state index contributed by atoms with van der Waals surface area (Å²) in [5.41, 5.74) is 1.73. The quantitative estimate of drug-likeness (QED) is 0.879. The highest BCUT2D eigenvalue weighted by molar-refractivity contribution is 7.09. The van der Waals surface area contributed by atoms with Crippen molar-refractivity contribution in [3.05, 3.63) is 45.7 Å². The number of ether oxygens (including phenoxy) is 1. The van der Waals surface area contributed by atoms with Crippen LogP contribution >= 0.6 is 11.3 Å². The van der Waals surface area contributed by atoms with Crippen molar-refractivity contribution in [2.45, 2.75) is 33.4 Å². The van der Waals surface area contributed by atoms with Gasteiger partial charge in [-0.3, -0.25) is 0 Å². The lowest BCUT2D eigenvalue weighted by Crippen LogP contribution is -2.18. The summed E-state index contributed by atoms with van der Waals surface area (Å²) in [4.78, 5) is 4.36. The third-order valence-corrected chi connectivity index (χ3v) is 3.81. The van der Waals surface area contributed by atoms with Crippen LogP contribution in [0.25, 0.3) is 0 Å². The van der Waals surface area contributed by atoms with Crippen LogP contribution in [0.2, 0.25) is 0 Å². The highest BCUT2D eigenvalue weighted by atomic mass is 32.1. The molecule has 108 valence electrons. The van der Waals surface area contributed by atoms with E-state index in [2.05, 4.69) is 10.3 Å². The van der Waals surface area contributed by atoms with Gasteiger partial charge in [-0.15, -0.1) is 11.3 Å². The molecule has 0 aliphatic rings. The van der Waals surface area contributed by atoms with Gasteiger partial charge in [-0.2, -0.15) is 0 Å². The molecule has 1 unspecified atom stereocenters. The van der Waals surface area contributed by atoms with Crippen molar-refractivity contribution in [2.24, 2.45) is 0 Å². The van der Waals surface area contributed by atoms with E-state index >= 15 is 0 Å². The standard InChI is InChI=1S/C15H19FN2OS/c1-4-17-10(2)14-7-12(16)5-6-15(14)19-8-13-9-20-11(3)18-13/h5-7,9-10,17H,4,8H2,1-3H3. The van der Waals surface area contributed by atoms with E-state index in [0.29, 0.717) is 12.4 Å². The number of benzene rings is 1. The summed E-state index contributed by atoms with van der Waals surface area (Å²) >= 11 is 1.60. The molecule has 0 bridgehead atoms. The lowest BCUT2D eigenvalue weighted by molar-refractivity contribution is 0.295. The second-order valence-corrected chi connectivity index (χ2v) is 5.67. The fraction of sp³-hybridized carbons (Fsp3) is 0.400. The van der Waals surface area contributed by atoms with Gasteiger partial charge in [0.25, 0.3) is 0 Å². The number of thiazole rings is 1. The monoisotopic (exact) mass is 294 g/mol. The summed E-state index contributed by atoms with van der Waals surface area (Å²) in [6.07, 6.45) is 0. The van der Waals surface area contributed by atoms with E-state index in [1.54, 1.807) is 17.4 Å². The smallest absolute Gasteiger partial charge is 0.131 e. The molecule has 0 aliphatic carbocycles. The van der Waals surface area contributed by atoms with Gasteiger partial charge in [0.1, 0.15) is 18.2 Å². The van der Waals surface area contributed by atoms with Crippen molar-refractivity contribution in [1.29, 1.82) is 0 Å². The molecular weight excluding hydrogens is 275 g/mol. The number of nitrogens with zero attached hydrogens (tertiary/aromatic N) is 1. The Morgan fingerprint density at radius 3 is 2.90 bits per heavy atom. The van der Waals surface area contributed by atoms with Crippen LogP contribution in [0.4, 0.5) is 4.39 Å². The van der Waals surface area contributed by atoms with Gasteiger partial charge in [-0.25, -0.2) is 9.37 Å². The number of hydrogen-bond donors (Lipinski definition) is 1. The molecule has 2 aromatic rings. The maximum absolute atomic E-state index is 13.4. The maximum atomic E-state index is 13.4. The molecule has 0 aliphatic heterocycles. The molecule has 0 spiro atoms. The van der Waals surface area contributed by atoms with Crippen LogP contribution < -0.4 is 10.1 Å². The van der Waals surface area contributed by atoms with Gasteiger partial charge in [-0.05, 0) is 38.6 Å². The molecule has 1 atom stereocenters. The predicted octanol–water partition coefficient (Wildman–Crippen LogP) is 3.84. The number of rotatable bonds is 6. The Labute approximate surface area is 122 Å². The molecule has 3 nitrogen and oxygen atoms in total. The summed E-state index contributed by atoms with van der Waals surface area (Å²) in [7, 11) is 0. The van der Waals surface area contributed by atoms with Crippen molar-refractivity contribution >= 4 is 11.3 Å². The first kappa shape index (κ1) is 14.9. The molecule has 2 rings (SSSR count). The number of hydrogen-bond acceptors (Lipinski definition) is 4.